The van der Waals surface area contributed by atoms with Crippen LogP contribution >= 0.6 is 17.9 Å². The SMILES string of the molecule is CCOP(=S)(S)OCC.[Zn]. The van der Waals surface area contributed by atoms with E-state index in [9.17, 15) is 0 Å². The van der Waals surface area contributed by atoms with Crippen molar-refractivity contribution >= 4 is 29.7 Å². The molecular weight excluding hydrogens is 241 g/mol. The van der Waals surface area contributed by atoms with Crippen molar-refractivity contribution < 1.29 is 28.5 Å². The Morgan fingerprint density at radius 1 is 1.30 bits per heavy atom. The molecule has 0 unspecified atom stereocenters. The Hall–Kier alpha value is 1.54. The molecule has 0 aromatic rings. The molecule has 0 saturated heterocycles. The zero-order chi connectivity index (χ0) is 7.33. The van der Waals surface area contributed by atoms with Crippen LogP contribution in [0.25, 0.3) is 0 Å². The zero-order valence-corrected chi connectivity index (χ0v) is 11.8. The molecular formula is C4H11O2PS2Zn. The van der Waals surface area contributed by atoms with Crippen LogP contribution in [0.2, 0.25) is 0 Å². The summed E-state index contributed by atoms with van der Waals surface area (Å²) in [6.45, 7) is 4.88. The van der Waals surface area contributed by atoms with Gasteiger partial charge < -0.3 is 9.05 Å². The molecule has 0 bridgehead atoms. The molecule has 0 radical (unpaired) electrons. The first-order valence-electron chi connectivity index (χ1n) is 2.74. The van der Waals surface area contributed by atoms with Crippen LogP contribution in [0.3, 0.4) is 0 Å². The van der Waals surface area contributed by atoms with E-state index in [-0.39, 0.29) is 19.5 Å². The van der Waals surface area contributed by atoms with Gasteiger partial charge in [-0.05, 0) is 25.7 Å². The molecule has 0 rings (SSSR count). The third-order valence-corrected chi connectivity index (χ3v) is 3.08. The van der Waals surface area contributed by atoms with E-state index in [0.717, 1.165) is 0 Å². The van der Waals surface area contributed by atoms with Crippen LogP contribution in [0.5, 0.6) is 0 Å². The summed E-state index contributed by atoms with van der Waals surface area (Å²) < 4.78 is 10.1. The summed E-state index contributed by atoms with van der Waals surface area (Å²) in [6, 6.07) is 0. The van der Waals surface area contributed by atoms with E-state index in [0.29, 0.717) is 13.2 Å². The maximum absolute atomic E-state index is 5.04. The van der Waals surface area contributed by atoms with Crippen molar-refractivity contribution in [2.24, 2.45) is 0 Å². The van der Waals surface area contributed by atoms with Gasteiger partial charge in [0.2, 0.25) is 5.69 Å². The molecule has 0 amide bonds. The van der Waals surface area contributed by atoms with E-state index < -0.39 is 5.69 Å². The molecule has 0 aliphatic rings. The normalized spacial score (nSPS) is 10.7. The summed E-state index contributed by atoms with van der Waals surface area (Å²) in [5, 5.41) is 0. The summed E-state index contributed by atoms with van der Waals surface area (Å²) in [5.41, 5.74) is -2.16. The summed E-state index contributed by atoms with van der Waals surface area (Å²) in [7, 11) is 0. The van der Waals surface area contributed by atoms with Crippen LogP contribution in [-0.4, -0.2) is 13.2 Å². The number of hydrogen-bond donors (Lipinski definition) is 1. The van der Waals surface area contributed by atoms with Crippen molar-refractivity contribution in [2.75, 3.05) is 13.2 Å². The van der Waals surface area contributed by atoms with Gasteiger partial charge in [0.15, 0.2) is 0 Å². The van der Waals surface area contributed by atoms with E-state index in [4.69, 9.17) is 20.9 Å². The average molecular weight is 252 g/mol. The monoisotopic (exact) mass is 250 g/mol. The topological polar surface area (TPSA) is 18.5 Å². The minimum atomic E-state index is -2.16. The smallest absolute Gasteiger partial charge is 0.244 e. The molecule has 2 nitrogen and oxygen atoms in total. The predicted octanol–water partition coefficient (Wildman–Crippen LogP) is 2.21. The second-order valence-electron chi connectivity index (χ2n) is 1.30. The van der Waals surface area contributed by atoms with Crippen molar-refractivity contribution in [3.8, 4) is 0 Å². The minimum absolute atomic E-state index is 0. The maximum Gasteiger partial charge on any atom is 0.244 e. The molecule has 0 spiro atoms. The van der Waals surface area contributed by atoms with Crippen molar-refractivity contribution in [3.63, 3.8) is 0 Å². The fraction of sp³-hybridized carbons (Fsp3) is 1.00. The molecule has 0 aliphatic heterocycles. The van der Waals surface area contributed by atoms with Gasteiger partial charge in [0, 0.05) is 19.5 Å². The maximum atomic E-state index is 5.04. The average Bonchev–Trinajstić information content (AvgIpc) is 1.64. The summed E-state index contributed by atoms with van der Waals surface area (Å²) in [4.78, 5) is 0. The van der Waals surface area contributed by atoms with Crippen LogP contribution in [0, 0.1) is 0 Å². The third kappa shape index (κ3) is 7.65. The van der Waals surface area contributed by atoms with E-state index in [1.54, 1.807) is 0 Å². The van der Waals surface area contributed by atoms with E-state index in [1.807, 2.05) is 13.8 Å². The second-order valence-corrected chi connectivity index (χ2v) is 6.59. The number of rotatable bonds is 4. The first-order valence-corrected chi connectivity index (χ1v) is 6.53. The Bertz CT molecular complexity index is 112. The van der Waals surface area contributed by atoms with E-state index in [1.165, 1.54) is 0 Å². The molecule has 0 aromatic heterocycles. The van der Waals surface area contributed by atoms with Gasteiger partial charge in [-0.25, -0.2) is 0 Å². The van der Waals surface area contributed by atoms with Gasteiger partial charge in [0.25, 0.3) is 0 Å². The fourth-order valence-electron chi connectivity index (χ4n) is 0.364. The predicted molar refractivity (Wildman–Crippen MR) is 46.5 cm³/mol. The Morgan fingerprint density at radius 2 is 1.60 bits per heavy atom. The molecule has 0 N–H and O–H groups in total. The molecule has 0 aromatic carbocycles. The van der Waals surface area contributed by atoms with Crippen molar-refractivity contribution in [1.82, 2.24) is 0 Å². The fourth-order valence-corrected chi connectivity index (χ4v) is 2.42. The van der Waals surface area contributed by atoms with Gasteiger partial charge in [-0.2, -0.15) is 0 Å². The first-order chi connectivity index (χ1) is 4.12. The molecule has 58 valence electrons. The molecule has 6 heteroatoms. The molecule has 0 fully saturated rings. The first kappa shape index (κ1) is 14.1. The molecule has 0 heterocycles. The van der Waals surface area contributed by atoms with Gasteiger partial charge in [-0.3, -0.25) is 0 Å². The number of hydrogen-bond acceptors (Lipinski definition) is 3. The standard InChI is InChI=1S/C4H11O2PS2.Zn/c1-3-5-7(8,9)6-4-2;/h3-4H2,1-2H3,(H,8,9);. The Balaban J connectivity index is 0. The van der Waals surface area contributed by atoms with Crippen LogP contribution in [-0.2, 0) is 40.3 Å². The quantitative estimate of drug-likeness (QED) is 0.470. The second kappa shape index (κ2) is 7.21. The Labute approximate surface area is 85.1 Å². The molecule has 0 saturated carbocycles. The molecule has 10 heavy (non-hydrogen) atoms. The third-order valence-electron chi connectivity index (χ3n) is 0.584. The van der Waals surface area contributed by atoms with Crippen LogP contribution in [0.4, 0.5) is 0 Å². The van der Waals surface area contributed by atoms with E-state index >= 15 is 0 Å². The van der Waals surface area contributed by atoms with Gasteiger partial charge in [0.1, 0.15) is 0 Å². The van der Waals surface area contributed by atoms with Gasteiger partial charge in [-0.15, -0.1) is 0 Å². The molecule has 0 atom stereocenters. The summed E-state index contributed by atoms with van der Waals surface area (Å²) in [6.07, 6.45) is 0. The zero-order valence-electron chi connectivity index (χ0n) is 6.24. The van der Waals surface area contributed by atoms with Crippen LogP contribution in [0.1, 0.15) is 13.8 Å². The van der Waals surface area contributed by atoms with Crippen molar-refractivity contribution in [2.45, 2.75) is 13.8 Å². The van der Waals surface area contributed by atoms with Crippen LogP contribution in [0.15, 0.2) is 0 Å². The summed E-state index contributed by atoms with van der Waals surface area (Å²) >= 11 is 8.90. The van der Waals surface area contributed by atoms with Gasteiger partial charge in [0.05, 0.1) is 13.2 Å². The Kier molecular flexibility index (Phi) is 10.2. The number of thiol groups is 1. The van der Waals surface area contributed by atoms with Crippen LogP contribution < -0.4 is 0 Å². The van der Waals surface area contributed by atoms with Gasteiger partial charge in [-0.1, -0.05) is 12.2 Å². The molecule has 0 aliphatic carbocycles. The Morgan fingerprint density at radius 3 is 1.80 bits per heavy atom. The van der Waals surface area contributed by atoms with Gasteiger partial charge >= 0.3 is 0 Å². The summed E-state index contributed by atoms with van der Waals surface area (Å²) in [5.74, 6) is 0. The largest absolute Gasteiger partial charge is 0.322 e. The van der Waals surface area contributed by atoms with Crippen molar-refractivity contribution in [1.29, 1.82) is 0 Å². The van der Waals surface area contributed by atoms with Crippen molar-refractivity contribution in [3.05, 3.63) is 0 Å². The minimum Gasteiger partial charge on any atom is -0.322 e. The van der Waals surface area contributed by atoms with E-state index in [2.05, 4.69) is 12.2 Å².